The predicted molar refractivity (Wildman–Crippen MR) is 103 cm³/mol. The molecule has 0 fully saturated rings. The third-order valence-corrected chi connectivity index (χ3v) is 5.69. The van der Waals surface area contributed by atoms with Crippen molar-refractivity contribution in [2.24, 2.45) is 0 Å². The van der Waals surface area contributed by atoms with Crippen molar-refractivity contribution in [1.82, 2.24) is 0 Å². The molecule has 0 heterocycles. The van der Waals surface area contributed by atoms with E-state index >= 15 is 0 Å². The van der Waals surface area contributed by atoms with E-state index in [1.54, 1.807) is 24.3 Å². The zero-order valence-electron chi connectivity index (χ0n) is 15.0. The summed E-state index contributed by atoms with van der Waals surface area (Å²) in [5.74, 6) is -0.169. The molecular weight excluding hydrogens is 380 g/mol. The minimum absolute atomic E-state index is 0.0222. The maximum Gasteiger partial charge on any atom is 0.341 e. The van der Waals surface area contributed by atoms with Gasteiger partial charge in [0.25, 0.3) is 0 Å². The third kappa shape index (κ3) is 4.50. The molecule has 0 aliphatic rings. The summed E-state index contributed by atoms with van der Waals surface area (Å²) >= 11 is 0. The van der Waals surface area contributed by atoms with Gasteiger partial charge < -0.3 is 14.6 Å². The van der Waals surface area contributed by atoms with Crippen LogP contribution in [-0.4, -0.2) is 26.6 Å². The van der Waals surface area contributed by atoms with Crippen LogP contribution in [0.5, 0.6) is 17.2 Å². The molecule has 0 aliphatic carbocycles. The molecule has 6 nitrogen and oxygen atoms in total. The molecular formula is C21H18O6S. The Morgan fingerprint density at radius 1 is 0.929 bits per heavy atom. The van der Waals surface area contributed by atoms with E-state index < -0.39 is 15.8 Å². The number of aromatic hydroxyl groups is 1. The highest BCUT2D eigenvalue weighted by atomic mass is 32.2. The Labute approximate surface area is 162 Å². The van der Waals surface area contributed by atoms with Crippen LogP contribution in [0, 0.1) is 0 Å². The standard InChI is InChI=1S/C21H18O6S/c1-26-21(23)19-12-7-15(13-20(19)22)14-28(24,25)18-10-8-17(9-11-18)27-16-5-3-2-4-6-16/h2-13,22H,14H2,1H3. The van der Waals surface area contributed by atoms with Crippen molar-refractivity contribution in [2.75, 3.05) is 7.11 Å². The lowest BCUT2D eigenvalue weighted by Crippen LogP contribution is -2.06. The summed E-state index contributed by atoms with van der Waals surface area (Å²) in [6.07, 6.45) is 0. The summed E-state index contributed by atoms with van der Waals surface area (Å²) in [5.41, 5.74) is 0.334. The monoisotopic (exact) mass is 398 g/mol. The summed E-state index contributed by atoms with van der Waals surface area (Å²) in [5, 5.41) is 9.92. The van der Waals surface area contributed by atoms with Gasteiger partial charge in [0.2, 0.25) is 0 Å². The average Bonchev–Trinajstić information content (AvgIpc) is 2.68. The van der Waals surface area contributed by atoms with Crippen LogP contribution in [0.15, 0.2) is 77.7 Å². The lowest BCUT2D eigenvalue weighted by molar-refractivity contribution is 0.0597. The number of hydrogen-bond acceptors (Lipinski definition) is 6. The number of hydrogen-bond donors (Lipinski definition) is 1. The highest BCUT2D eigenvalue weighted by Gasteiger charge is 2.18. The fourth-order valence-electron chi connectivity index (χ4n) is 2.59. The first-order valence-electron chi connectivity index (χ1n) is 8.35. The second-order valence-electron chi connectivity index (χ2n) is 5.99. The summed E-state index contributed by atoms with van der Waals surface area (Å²) in [6, 6.07) is 19.3. The predicted octanol–water partition coefficient (Wildman–Crippen LogP) is 3.95. The Morgan fingerprint density at radius 2 is 1.57 bits per heavy atom. The van der Waals surface area contributed by atoms with E-state index in [2.05, 4.69) is 4.74 Å². The molecule has 0 atom stereocenters. The first kappa shape index (κ1) is 19.4. The molecule has 3 rings (SSSR count). The second kappa shape index (κ2) is 8.14. The maximum atomic E-state index is 12.6. The highest BCUT2D eigenvalue weighted by Crippen LogP contribution is 2.26. The molecule has 0 radical (unpaired) electrons. The van der Waals surface area contributed by atoms with Gasteiger partial charge >= 0.3 is 5.97 Å². The number of phenolic OH excluding ortho intramolecular Hbond substituents is 1. The van der Waals surface area contributed by atoms with Gasteiger partial charge in [-0.25, -0.2) is 13.2 Å². The van der Waals surface area contributed by atoms with Crippen molar-refractivity contribution in [3.05, 3.63) is 83.9 Å². The second-order valence-corrected chi connectivity index (χ2v) is 7.98. The molecule has 0 saturated heterocycles. The number of rotatable bonds is 6. The number of sulfone groups is 1. The number of carbonyl (C=O) groups excluding carboxylic acids is 1. The summed E-state index contributed by atoms with van der Waals surface area (Å²) in [6.45, 7) is 0. The van der Waals surface area contributed by atoms with Gasteiger partial charge in [-0.15, -0.1) is 0 Å². The van der Waals surface area contributed by atoms with E-state index in [1.807, 2.05) is 18.2 Å². The lowest BCUT2D eigenvalue weighted by Gasteiger charge is -2.09. The number of phenols is 1. The molecule has 1 N–H and O–H groups in total. The van der Waals surface area contributed by atoms with Crippen molar-refractivity contribution in [3.63, 3.8) is 0 Å². The van der Waals surface area contributed by atoms with Gasteiger partial charge in [0.15, 0.2) is 9.84 Å². The average molecular weight is 398 g/mol. The molecule has 0 aliphatic heterocycles. The van der Waals surface area contributed by atoms with Crippen LogP contribution in [0.25, 0.3) is 0 Å². The van der Waals surface area contributed by atoms with Gasteiger partial charge in [0, 0.05) is 0 Å². The zero-order chi connectivity index (χ0) is 20.1. The number of para-hydroxylation sites is 1. The molecule has 0 spiro atoms. The number of ether oxygens (including phenoxy) is 2. The smallest absolute Gasteiger partial charge is 0.341 e. The summed E-state index contributed by atoms with van der Waals surface area (Å²) in [4.78, 5) is 11.6. The normalized spacial score (nSPS) is 11.0. The van der Waals surface area contributed by atoms with E-state index in [4.69, 9.17) is 4.74 Å². The van der Waals surface area contributed by atoms with E-state index in [9.17, 15) is 18.3 Å². The van der Waals surface area contributed by atoms with Crippen LogP contribution in [0.2, 0.25) is 0 Å². The van der Waals surface area contributed by atoms with Crippen LogP contribution < -0.4 is 4.74 Å². The molecule has 0 amide bonds. The minimum atomic E-state index is -3.64. The maximum absolute atomic E-state index is 12.6. The quantitative estimate of drug-likeness (QED) is 0.633. The van der Waals surface area contributed by atoms with Crippen LogP contribution in [0.4, 0.5) is 0 Å². The lowest BCUT2D eigenvalue weighted by atomic mass is 10.1. The van der Waals surface area contributed by atoms with Crippen molar-refractivity contribution < 1.29 is 27.8 Å². The van der Waals surface area contributed by atoms with E-state index in [1.165, 1.54) is 37.4 Å². The van der Waals surface area contributed by atoms with E-state index in [0.29, 0.717) is 17.1 Å². The van der Waals surface area contributed by atoms with Gasteiger partial charge in [-0.2, -0.15) is 0 Å². The number of methoxy groups -OCH3 is 1. The Balaban J connectivity index is 1.76. The minimum Gasteiger partial charge on any atom is -0.507 e. The molecule has 0 saturated carbocycles. The number of benzene rings is 3. The highest BCUT2D eigenvalue weighted by molar-refractivity contribution is 7.90. The molecule has 3 aromatic carbocycles. The van der Waals surface area contributed by atoms with Crippen molar-refractivity contribution in [1.29, 1.82) is 0 Å². The molecule has 7 heteroatoms. The summed E-state index contributed by atoms with van der Waals surface area (Å²) in [7, 11) is -2.44. The Morgan fingerprint density at radius 3 is 2.18 bits per heavy atom. The van der Waals surface area contributed by atoms with Gasteiger partial charge in [0.1, 0.15) is 22.8 Å². The van der Waals surface area contributed by atoms with Gasteiger partial charge in [0.05, 0.1) is 17.8 Å². The van der Waals surface area contributed by atoms with Crippen LogP contribution in [-0.2, 0) is 20.3 Å². The van der Waals surface area contributed by atoms with E-state index in [0.717, 1.165) is 0 Å². The van der Waals surface area contributed by atoms with Crippen molar-refractivity contribution in [3.8, 4) is 17.2 Å². The first-order chi connectivity index (χ1) is 13.4. The molecule has 144 valence electrons. The Hall–Kier alpha value is -3.32. The molecule has 3 aromatic rings. The van der Waals surface area contributed by atoms with Crippen LogP contribution in [0.1, 0.15) is 15.9 Å². The SMILES string of the molecule is COC(=O)c1ccc(CS(=O)(=O)c2ccc(Oc3ccccc3)cc2)cc1O. The molecule has 0 aromatic heterocycles. The summed E-state index contributed by atoms with van der Waals surface area (Å²) < 4.78 is 35.5. The Kier molecular flexibility index (Phi) is 5.65. The largest absolute Gasteiger partial charge is 0.507 e. The molecule has 0 unspecified atom stereocenters. The number of carbonyl (C=O) groups is 1. The molecule has 28 heavy (non-hydrogen) atoms. The van der Waals surface area contributed by atoms with Gasteiger partial charge in [-0.1, -0.05) is 24.3 Å². The van der Waals surface area contributed by atoms with E-state index in [-0.39, 0.29) is 22.0 Å². The van der Waals surface area contributed by atoms with Gasteiger partial charge in [-0.3, -0.25) is 0 Å². The fourth-order valence-corrected chi connectivity index (χ4v) is 3.93. The van der Waals surface area contributed by atoms with Crippen LogP contribution >= 0.6 is 0 Å². The van der Waals surface area contributed by atoms with Gasteiger partial charge in [-0.05, 0) is 54.1 Å². The zero-order valence-corrected chi connectivity index (χ0v) is 15.8. The topological polar surface area (TPSA) is 89.9 Å². The van der Waals surface area contributed by atoms with Crippen LogP contribution in [0.3, 0.4) is 0 Å². The van der Waals surface area contributed by atoms with Crippen molar-refractivity contribution >= 4 is 15.8 Å². The Bertz CT molecular complexity index is 1070. The van der Waals surface area contributed by atoms with Crippen molar-refractivity contribution in [2.45, 2.75) is 10.6 Å². The fraction of sp³-hybridized carbons (Fsp3) is 0.0952. The first-order valence-corrected chi connectivity index (χ1v) is 10.0. The third-order valence-electron chi connectivity index (χ3n) is 3.99. The molecule has 0 bridgehead atoms. The number of esters is 1.